The number of carbonyl (C=O) groups excluding carboxylic acids is 2. The molecule has 4 rings (SSSR count). The fraction of sp³-hybridized carbons (Fsp3) is 0. The number of benzene rings is 2. The Morgan fingerprint density at radius 3 is 2.50 bits per heavy atom. The summed E-state index contributed by atoms with van der Waals surface area (Å²) in [7, 11) is 0. The van der Waals surface area contributed by atoms with E-state index < -0.39 is 17.6 Å². The second-order valence-corrected chi connectivity index (χ2v) is 6.76. The first kappa shape index (κ1) is 19.4. The second kappa shape index (κ2) is 7.84. The van der Waals surface area contributed by atoms with Gasteiger partial charge in [-0.2, -0.15) is 5.10 Å². The molecule has 0 aliphatic rings. The van der Waals surface area contributed by atoms with Crippen LogP contribution in [0.25, 0.3) is 11.5 Å². The van der Waals surface area contributed by atoms with Gasteiger partial charge in [0.25, 0.3) is 5.91 Å². The number of para-hydroxylation sites is 1. The molecule has 0 unspecified atom stereocenters. The molecule has 7 nitrogen and oxygen atoms in total. The van der Waals surface area contributed by atoms with Crippen molar-refractivity contribution in [2.75, 3.05) is 5.32 Å². The highest BCUT2D eigenvalue weighted by Gasteiger charge is 2.22. The standard InChI is InChI=1S/C21H15ClFN5O2/c22-15-8-7-13(19(24)29)11-17(15)26-20(30)14-12-25-28(18-6-2-1-5-16(18)23)21(14)27-9-3-4-10-27/h1-12H,(H2,24,29)(H,26,30). The maximum absolute atomic E-state index is 14.4. The van der Waals surface area contributed by atoms with Gasteiger partial charge in [-0.15, -0.1) is 0 Å². The molecule has 2 heterocycles. The number of hydrogen-bond donors (Lipinski definition) is 2. The van der Waals surface area contributed by atoms with E-state index >= 15 is 0 Å². The maximum atomic E-state index is 14.4. The topological polar surface area (TPSA) is 94.9 Å². The van der Waals surface area contributed by atoms with Crippen LogP contribution in [-0.2, 0) is 0 Å². The van der Waals surface area contributed by atoms with E-state index in [1.807, 2.05) is 0 Å². The third-order valence-corrected chi connectivity index (χ3v) is 4.75. The number of nitrogens with two attached hydrogens (primary N) is 1. The molecule has 0 fully saturated rings. The molecule has 0 spiro atoms. The number of aromatic nitrogens is 3. The Labute approximate surface area is 175 Å². The summed E-state index contributed by atoms with van der Waals surface area (Å²) in [5.41, 5.74) is 6.08. The lowest BCUT2D eigenvalue weighted by Crippen LogP contribution is -2.17. The first-order chi connectivity index (χ1) is 14.5. The van der Waals surface area contributed by atoms with E-state index in [2.05, 4.69) is 10.4 Å². The minimum atomic E-state index is -0.650. The van der Waals surface area contributed by atoms with Crippen molar-refractivity contribution >= 4 is 29.1 Å². The van der Waals surface area contributed by atoms with Crippen LogP contribution in [0.2, 0.25) is 5.02 Å². The summed E-state index contributed by atoms with van der Waals surface area (Å²) in [6.07, 6.45) is 4.76. The maximum Gasteiger partial charge on any atom is 0.261 e. The lowest BCUT2D eigenvalue weighted by Gasteiger charge is -2.12. The largest absolute Gasteiger partial charge is 0.366 e. The van der Waals surface area contributed by atoms with Crippen LogP contribution in [0.1, 0.15) is 20.7 Å². The zero-order chi connectivity index (χ0) is 21.3. The summed E-state index contributed by atoms with van der Waals surface area (Å²) in [5, 5.41) is 7.12. The van der Waals surface area contributed by atoms with Gasteiger partial charge in [-0.05, 0) is 42.5 Å². The zero-order valence-electron chi connectivity index (χ0n) is 15.4. The smallest absolute Gasteiger partial charge is 0.261 e. The summed E-state index contributed by atoms with van der Waals surface area (Å²) in [5.74, 6) is -1.34. The van der Waals surface area contributed by atoms with Gasteiger partial charge in [0.1, 0.15) is 17.1 Å². The van der Waals surface area contributed by atoms with Crippen molar-refractivity contribution in [2.24, 2.45) is 5.73 Å². The molecular formula is C21H15ClFN5O2. The Morgan fingerprint density at radius 1 is 1.07 bits per heavy atom. The molecule has 30 heavy (non-hydrogen) atoms. The minimum absolute atomic E-state index is 0.176. The van der Waals surface area contributed by atoms with Gasteiger partial charge in [0, 0.05) is 18.0 Å². The highest BCUT2D eigenvalue weighted by Crippen LogP contribution is 2.26. The molecule has 3 N–H and O–H groups in total. The predicted molar refractivity (Wildman–Crippen MR) is 111 cm³/mol. The number of nitrogens with one attached hydrogen (secondary N) is 1. The molecule has 0 saturated carbocycles. The van der Waals surface area contributed by atoms with Gasteiger partial charge in [0.2, 0.25) is 5.91 Å². The number of hydrogen-bond acceptors (Lipinski definition) is 3. The average molecular weight is 424 g/mol. The second-order valence-electron chi connectivity index (χ2n) is 6.35. The number of carbonyl (C=O) groups is 2. The predicted octanol–water partition coefficient (Wildman–Crippen LogP) is 3.81. The van der Waals surface area contributed by atoms with Crippen LogP contribution in [0.4, 0.5) is 10.1 Å². The van der Waals surface area contributed by atoms with Gasteiger partial charge in [0.05, 0.1) is 16.9 Å². The molecule has 9 heteroatoms. The third-order valence-electron chi connectivity index (χ3n) is 4.42. The highest BCUT2D eigenvalue weighted by molar-refractivity contribution is 6.34. The minimum Gasteiger partial charge on any atom is -0.366 e. The van der Waals surface area contributed by atoms with Crippen molar-refractivity contribution in [1.82, 2.24) is 14.3 Å². The lowest BCUT2D eigenvalue weighted by atomic mass is 10.2. The van der Waals surface area contributed by atoms with Crippen molar-refractivity contribution in [1.29, 1.82) is 0 Å². The number of amides is 2. The van der Waals surface area contributed by atoms with Crippen LogP contribution in [0.15, 0.2) is 73.2 Å². The van der Waals surface area contributed by atoms with Crippen molar-refractivity contribution in [3.05, 3.63) is 95.2 Å². The SMILES string of the molecule is NC(=O)c1ccc(Cl)c(NC(=O)c2cnn(-c3ccccc3F)c2-n2cccc2)c1. The molecule has 2 aromatic heterocycles. The van der Waals surface area contributed by atoms with E-state index in [-0.39, 0.29) is 27.5 Å². The van der Waals surface area contributed by atoms with Crippen molar-refractivity contribution in [2.45, 2.75) is 0 Å². The highest BCUT2D eigenvalue weighted by atomic mass is 35.5. The number of primary amides is 1. The first-order valence-corrected chi connectivity index (χ1v) is 9.20. The van der Waals surface area contributed by atoms with E-state index in [4.69, 9.17) is 17.3 Å². The van der Waals surface area contributed by atoms with E-state index in [0.717, 1.165) is 0 Å². The van der Waals surface area contributed by atoms with Gasteiger partial charge in [-0.3, -0.25) is 9.59 Å². The molecular weight excluding hydrogens is 409 g/mol. The fourth-order valence-corrected chi connectivity index (χ4v) is 3.15. The number of halogens is 2. The molecule has 0 atom stereocenters. The van der Waals surface area contributed by atoms with Crippen LogP contribution >= 0.6 is 11.6 Å². The molecule has 0 radical (unpaired) electrons. The van der Waals surface area contributed by atoms with Crippen molar-refractivity contribution in [3.63, 3.8) is 0 Å². The Morgan fingerprint density at radius 2 is 1.80 bits per heavy atom. The lowest BCUT2D eigenvalue weighted by molar-refractivity contribution is 0.0996. The zero-order valence-corrected chi connectivity index (χ0v) is 16.2. The first-order valence-electron chi connectivity index (χ1n) is 8.82. The summed E-state index contributed by atoms with van der Waals surface area (Å²) in [4.78, 5) is 24.5. The van der Waals surface area contributed by atoms with Gasteiger partial charge in [0.15, 0.2) is 5.82 Å². The van der Waals surface area contributed by atoms with E-state index in [1.165, 1.54) is 35.1 Å². The molecule has 0 aliphatic heterocycles. The summed E-state index contributed by atoms with van der Waals surface area (Å²) in [6.45, 7) is 0. The normalized spacial score (nSPS) is 10.7. The molecule has 0 aliphatic carbocycles. The molecule has 4 aromatic rings. The number of anilines is 1. The van der Waals surface area contributed by atoms with E-state index in [0.29, 0.717) is 5.82 Å². The third kappa shape index (κ3) is 3.56. The van der Waals surface area contributed by atoms with Crippen molar-refractivity contribution < 1.29 is 14.0 Å². The molecule has 0 saturated heterocycles. The van der Waals surface area contributed by atoms with Crippen molar-refractivity contribution in [3.8, 4) is 11.5 Å². The molecule has 150 valence electrons. The van der Waals surface area contributed by atoms with Crippen LogP contribution in [-0.4, -0.2) is 26.2 Å². The van der Waals surface area contributed by atoms with Crippen LogP contribution < -0.4 is 11.1 Å². The number of rotatable bonds is 5. The van der Waals surface area contributed by atoms with Gasteiger partial charge >= 0.3 is 0 Å². The quantitative estimate of drug-likeness (QED) is 0.511. The molecule has 2 aromatic carbocycles. The van der Waals surface area contributed by atoms with Gasteiger partial charge in [-0.1, -0.05) is 23.7 Å². The molecule has 0 bridgehead atoms. The summed E-state index contributed by atoms with van der Waals surface area (Å²) < 4.78 is 17.4. The van der Waals surface area contributed by atoms with E-state index in [1.54, 1.807) is 47.3 Å². The van der Waals surface area contributed by atoms with Gasteiger partial charge in [-0.25, -0.2) is 9.07 Å². The molecule has 2 amide bonds. The van der Waals surface area contributed by atoms with Crippen LogP contribution in [0.5, 0.6) is 0 Å². The monoisotopic (exact) mass is 423 g/mol. The Kier molecular flexibility index (Phi) is 5.07. The van der Waals surface area contributed by atoms with Gasteiger partial charge < -0.3 is 15.6 Å². The van der Waals surface area contributed by atoms with E-state index in [9.17, 15) is 14.0 Å². The Hall–Kier alpha value is -3.91. The summed E-state index contributed by atoms with van der Waals surface area (Å²) in [6, 6.07) is 14.0. The van der Waals surface area contributed by atoms with Crippen LogP contribution in [0.3, 0.4) is 0 Å². The Balaban J connectivity index is 1.79. The fourth-order valence-electron chi connectivity index (χ4n) is 2.99. The van der Waals surface area contributed by atoms with Crippen LogP contribution in [0, 0.1) is 5.82 Å². The Bertz CT molecular complexity index is 1250. The average Bonchev–Trinajstić information content (AvgIpc) is 3.39. The summed E-state index contributed by atoms with van der Waals surface area (Å²) >= 11 is 6.15. The number of nitrogens with zero attached hydrogens (tertiary/aromatic N) is 3.